The average Bonchev–Trinajstić information content (AvgIpc) is 3.40. The van der Waals surface area contributed by atoms with Crippen molar-refractivity contribution >= 4 is 23.3 Å². The maximum Gasteiger partial charge on any atom is 0.443 e. The van der Waals surface area contributed by atoms with E-state index >= 15 is 0 Å². The number of hydrogen-bond acceptors (Lipinski definition) is 8. The van der Waals surface area contributed by atoms with Gasteiger partial charge in [0.2, 0.25) is 6.23 Å². The number of halogens is 3. The molecule has 1 aromatic heterocycles. The summed E-state index contributed by atoms with van der Waals surface area (Å²) >= 11 is 0.451. The molecule has 1 N–H and O–H groups in total. The van der Waals surface area contributed by atoms with E-state index in [-0.39, 0.29) is 24.9 Å². The third-order valence-electron chi connectivity index (χ3n) is 4.88. The smallest absolute Gasteiger partial charge is 0.443 e. The molecule has 0 bridgehead atoms. The first kappa shape index (κ1) is 24.0. The molecular formula is C20H21F3N2O6S. The monoisotopic (exact) mass is 474 g/mol. The number of rotatable bonds is 8. The fraction of sp³-hybridized carbons (Fsp3) is 0.450. The molecule has 1 aromatic carbocycles. The van der Waals surface area contributed by atoms with Crippen molar-refractivity contribution in [3.8, 4) is 5.75 Å². The fourth-order valence-electron chi connectivity index (χ4n) is 3.28. The van der Waals surface area contributed by atoms with Crippen molar-refractivity contribution in [2.24, 2.45) is 0 Å². The first-order valence-electron chi connectivity index (χ1n) is 9.53. The number of nitrogens with zero attached hydrogens (tertiary/aromatic N) is 2. The van der Waals surface area contributed by atoms with E-state index in [1.54, 1.807) is 29.2 Å². The first-order valence-corrected chi connectivity index (χ1v) is 10.4. The van der Waals surface area contributed by atoms with Gasteiger partial charge in [0.1, 0.15) is 11.9 Å². The normalized spacial score (nSPS) is 20.2. The zero-order valence-electron chi connectivity index (χ0n) is 17.2. The Labute approximate surface area is 185 Å². The molecule has 0 spiro atoms. The van der Waals surface area contributed by atoms with Gasteiger partial charge in [-0.15, -0.1) is 11.3 Å². The highest BCUT2D eigenvalue weighted by atomic mass is 32.1. The maximum absolute atomic E-state index is 12.8. The van der Waals surface area contributed by atoms with E-state index in [0.29, 0.717) is 23.5 Å². The number of aromatic nitrogens is 1. The molecule has 0 aliphatic carbocycles. The van der Waals surface area contributed by atoms with Crippen molar-refractivity contribution < 1.29 is 42.1 Å². The van der Waals surface area contributed by atoms with Crippen LogP contribution in [0.2, 0.25) is 0 Å². The van der Waals surface area contributed by atoms with E-state index in [0.717, 1.165) is 5.56 Å². The van der Waals surface area contributed by atoms with Crippen LogP contribution in [0.25, 0.3) is 0 Å². The van der Waals surface area contributed by atoms with Gasteiger partial charge in [-0.3, -0.25) is 4.90 Å². The Kier molecular flexibility index (Phi) is 7.36. The minimum Gasteiger partial charge on any atom is -0.482 e. The molecule has 1 aliphatic heterocycles. The van der Waals surface area contributed by atoms with Crippen LogP contribution < -0.4 is 4.74 Å². The molecular weight excluding hydrogens is 453 g/mol. The van der Waals surface area contributed by atoms with Crippen molar-refractivity contribution in [2.75, 3.05) is 20.3 Å². The zero-order valence-corrected chi connectivity index (χ0v) is 18.0. The number of carbonyl (C=O) groups is 2. The summed E-state index contributed by atoms with van der Waals surface area (Å²) in [5.74, 6) is -1.26. The van der Waals surface area contributed by atoms with Crippen molar-refractivity contribution in [1.82, 2.24) is 9.88 Å². The van der Waals surface area contributed by atoms with Crippen LogP contribution in [0.3, 0.4) is 0 Å². The van der Waals surface area contributed by atoms with E-state index in [4.69, 9.17) is 9.47 Å². The first-order chi connectivity index (χ1) is 15.1. The van der Waals surface area contributed by atoms with Crippen LogP contribution in [0, 0.1) is 0 Å². The highest BCUT2D eigenvalue weighted by Gasteiger charge is 2.43. The lowest BCUT2D eigenvalue weighted by Crippen LogP contribution is -2.43. The highest BCUT2D eigenvalue weighted by Crippen LogP contribution is 2.36. The number of benzene rings is 1. The molecule has 2 aromatic rings. The number of carboxylic acids is 1. The Bertz CT molecular complexity index is 950. The summed E-state index contributed by atoms with van der Waals surface area (Å²) in [5.41, 5.74) is 0.943. The van der Waals surface area contributed by atoms with Crippen LogP contribution in [-0.4, -0.2) is 59.5 Å². The predicted octanol–water partition coefficient (Wildman–Crippen LogP) is 3.13. The van der Waals surface area contributed by atoms with E-state index in [1.807, 2.05) is 6.92 Å². The minimum atomic E-state index is -4.56. The number of thiazole rings is 1. The fourth-order valence-corrected chi connectivity index (χ4v) is 4.01. The number of methoxy groups -OCH3 is 1. The van der Waals surface area contributed by atoms with Crippen LogP contribution in [0.15, 0.2) is 29.6 Å². The SMILES string of the molecule is COC(=O)COc1ccc(CC(C)N2CC(c3csc(C(F)(F)F)n3)OC2C(=O)O)cc1. The maximum atomic E-state index is 12.8. The Morgan fingerprint density at radius 2 is 2.03 bits per heavy atom. The molecule has 3 unspecified atom stereocenters. The van der Waals surface area contributed by atoms with Crippen LogP contribution >= 0.6 is 11.3 Å². The van der Waals surface area contributed by atoms with E-state index < -0.39 is 35.5 Å². The zero-order chi connectivity index (χ0) is 23.5. The quantitative estimate of drug-likeness (QED) is 0.583. The number of hydrogen-bond donors (Lipinski definition) is 1. The number of aliphatic carboxylic acids is 1. The number of ether oxygens (including phenoxy) is 3. The average molecular weight is 474 g/mol. The molecule has 1 fully saturated rings. The predicted molar refractivity (Wildman–Crippen MR) is 106 cm³/mol. The van der Waals surface area contributed by atoms with E-state index in [2.05, 4.69) is 9.72 Å². The molecule has 1 saturated heterocycles. The summed E-state index contributed by atoms with van der Waals surface area (Å²) in [6.07, 6.45) is -6.27. The van der Waals surface area contributed by atoms with Crippen molar-refractivity contribution in [3.63, 3.8) is 0 Å². The van der Waals surface area contributed by atoms with Gasteiger partial charge < -0.3 is 19.3 Å². The van der Waals surface area contributed by atoms with Crippen LogP contribution in [-0.2, 0) is 31.7 Å². The molecule has 8 nitrogen and oxygen atoms in total. The third kappa shape index (κ3) is 5.75. The third-order valence-corrected chi connectivity index (χ3v) is 5.79. The largest absolute Gasteiger partial charge is 0.482 e. The second-order valence-electron chi connectivity index (χ2n) is 7.15. The number of carbonyl (C=O) groups excluding carboxylic acids is 1. The number of alkyl halides is 3. The Morgan fingerprint density at radius 1 is 1.34 bits per heavy atom. The van der Waals surface area contributed by atoms with Gasteiger partial charge in [0.05, 0.1) is 12.8 Å². The Morgan fingerprint density at radius 3 is 2.59 bits per heavy atom. The van der Waals surface area contributed by atoms with Crippen molar-refractivity contribution in [2.45, 2.75) is 37.9 Å². The summed E-state index contributed by atoms with van der Waals surface area (Å²) in [6.45, 7) is 1.69. The van der Waals surface area contributed by atoms with Gasteiger partial charge in [-0.1, -0.05) is 12.1 Å². The van der Waals surface area contributed by atoms with Gasteiger partial charge in [-0.25, -0.2) is 14.6 Å². The molecule has 3 atom stereocenters. The lowest BCUT2D eigenvalue weighted by atomic mass is 10.1. The molecule has 32 heavy (non-hydrogen) atoms. The summed E-state index contributed by atoms with van der Waals surface area (Å²) in [6, 6.07) is 6.63. The molecule has 0 saturated carbocycles. The molecule has 0 amide bonds. The van der Waals surface area contributed by atoms with Crippen LogP contribution in [0.5, 0.6) is 5.75 Å². The van der Waals surface area contributed by atoms with Crippen LogP contribution in [0.1, 0.15) is 29.3 Å². The highest BCUT2D eigenvalue weighted by molar-refractivity contribution is 7.09. The Hall–Kier alpha value is -2.70. The molecule has 174 valence electrons. The van der Waals surface area contributed by atoms with E-state index in [1.165, 1.54) is 12.5 Å². The number of carboxylic acid groups (broad SMARTS) is 1. The summed E-state index contributed by atoms with van der Waals surface area (Å²) in [4.78, 5) is 28.0. The molecule has 1 aliphatic rings. The summed E-state index contributed by atoms with van der Waals surface area (Å²) in [5, 5.41) is 9.79. The topological polar surface area (TPSA) is 98.2 Å². The molecule has 12 heteroatoms. The molecule has 2 heterocycles. The molecule has 3 rings (SSSR count). The van der Waals surface area contributed by atoms with Gasteiger partial charge in [0.25, 0.3) is 0 Å². The number of esters is 1. The van der Waals surface area contributed by atoms with Crippen molar-refractivity contribution in [3.05, 3.63) is 45.9 Å². The lowest BCUT2D eigenvalue weighted by molar-refractivity contribution is -0.158. The van der Waals surface area contributed by atoms with Crippen LogP contribution in [0.4, 0.5) is 13.2 Å². The van der Waals surface area contributed by atoms with E-state index in [9.17, 15) is 27.9 Å². The van der Waals surface area contributed by atoms with Gasteiger partial charge >= 0.3 is 18.1 Å². The standard InChI is InChI=1S/C20H21F3N2O6S/c1-11(7-12-3-5-13(6-4-12)30-9-16(26)29-2)25-8-15(31-17(25)18(27)28)14-10-32-19(24-14)20(21,22)23/h3-6,10-11,15,17H,7-9H2,1-2H3,(H,27,28). The second kappa shape index (κ2) is 9.84. The lowest BCUT2D eigenvalue weighted by Gasteiger charge is -2.26. The summed E-state index contributed by atoms with van der Waals surface area (Å²) < 4.78 is 53.9. The van der Waals surface area contributed by atoms with Crippen molar-refractivity contribution in [1.29, 1.82) is 0 Å². The summed E-state index contributed by atoms with van der Waals surface area (Å²) in [7, 11) is 1.26. The minimum absolute atomic E-state index is 0.0652. The van der Waals surface area contributed by atoms with Gasteiger partial charge in [-0.05, 0) is 31.0 Å². The van der Waals surface area contributed by atoms with Gasteiger partial charge in [0, 0.05) is 18.0 Å². The molecule has 0 radical (unpaired) electrons. The Balaban J connectivity index is 1.65. The second-order valence-corrected chi connectivity index (χ2v) is 8.01. The van der Waals surface area contributed by atoms with Gasteiger partial charge in [-0.2, -0.15) is 13.2 Å². The van der Waals surface area contributed by atoms with Gasteiger partial charge in [0.15, 0.2) is 11.6 Å².